The topological polar surface area (TPSA) is 88.2 Å². The van der Waals surface area contributed by atoms with Gasteiger partial charge in [-0.05, 0) is 12.1 Å². The van der Waals surface area contributed by atoms with Crippen LogP contribution in [0.2, 0.25) is 0 Å². The Morgan fingerprint density at radius 2 is 2.14 bits per heavy atom. The molecule has 0 unspecified atom stereocenters. The summed E-state index contributed by atoms with van der Waals surface area (Å²) in [6.07, 6.45) is 0.00563. The zero-order valence-corrected chi connectivity index (χ0v) is 14.4. The van der Waals surface area contributed by atoms with Gasteiger partial charge in [0.1, 0.15) is 17.4 Å². The highest BCUT2D eigenvalue weighted by atomic mass is 19.3. The molecule has 5 rings (SSSR count). The van der Waals surface area contributed by atoms with Crippen molar-refractivity contribution in [1.29, 1.82) is 0 Å². The molecule has 1 aliphatic rings. The number of nitrogens with zero attached hydrogens (tertiary/aromatic N) is 3. The largest absolute Gasteiger partial charge is 0.458 e. The first kappa shape index (κ1) is 16.7. The minimum absolute atomic E-state index is 0.291. The van der Waals surface area contributed by atoms with Crippen molar-refractivity contribution in [2.24, 2.45) is 0 Å². The molecule has 0 fully saturated rings. The van der Waals surface area contributed by atoms with Crippen LogP contribution in [0.3, 0.4) is 0 Å². The molecule has 1 aromatic carbocycles. The van der Waals surface area contributed by atoms with Gasteiger partial charge < -0.3 is 18.7 Å². The van der Waals surface area contributed by atoms with Gasteiger partial charge >= 0.3 is 0 Å². The molecule has 0 saturated heterocycles. The number of amides is 1. The van der Waals surface area contributed by atoms with Crippen molar-refractivity contribution >= 4 is 16.9 Å². The van der Waals surface area contributed by atoms with E-state index in [-0.39, 0.29) is 0 Å². The van der Waals surface area contributed by atoms with E-state index in [1.165, 1.54) is 4.90 Å². The number of aromatic nitrogens is 3. The second-order valence-corrected chi connectivity index (χ2v) is 6.47. The van der Waals surface area contributed by atoms with Gasteiger partial charge in [-0.2, -0.15) is 0 Å². The Kier molecular flexibility index (Phi) is 3.75. The molecular formula is C19H14F2N4O3. The monoisotopic (exact) mass is 384 g/mol. The van der Waals surface area contributed by atoms with Crippen molar-refractivity contribution in [3.63, 3.8) is 0 Å². The molecule has 1 aliphatic heterocycles. The van der Waals surface area contributed by atoms with E-state index in [9.17, 15) is 13.6 Å². The number of fused-ring (bicyclic) bond motifs is 2. The Balaban J connectivity index is 1.62. The predicted molar refractivity (Wildman–Crippen MR) is 92.8 cm³/mol. The second-order valence-electron chi connectivity index (χ2n) is 6.47. The number of imidazole rings is 1. The third-order valence-corrected chi connectivity index (χ3v) is 4.90. The molecule has 3 aromatic heterocycles. The smallest absolute Gasteiger partial charge is 0.292 e. The molecule has 142 valence electrons. The highest BCUT2D eigenvalue weighted by Crippen LogP contribution is 2.37. The van der Waals surface area contributed by atoms with E-state index in [0.717, 1.165) is 17.5 Å². The molecule has 1 amide bonds. The number of para-hydroxylation sites is 1. The van der Waals surface area contributed by atoms with Crippen LogP contribution in [0.15, 0.2) is 51.9 Å². The van der Waals surface area contributed by atoms with E-state index >= 15 is 0 Å². The third-order valence-electron chi connectivity index (χ3n) is 4.90. The number of rotatable bonds is 3. The normalized spacial score (nSPS) is 16.7. The number of hydrogen-bond donors (Lipinski definition) is 1. The summed E-state index contributed by atoms with van der Waals surface area (Å²) in [4.78, 5) is 25.4. The number of nitrogens with one attached hydrogen (secondary N) is 1. The lowest BCUT2D eigenvalue weighted by Crippen LogP contribution is -2.40. The maximum Gasteiger partial charge on any atom is 0.292 e. The van der Waals surface area contributed by atoms with Gasteiger partial charge in [0, 0.05) is 24.0 Å². The lowest BCUT2D eigenvalue weighted by atomic mass is 9.99. The Hall–Kier alpha value is -3.49. The Morgan fingerprint density at radius 3 is 2.96 bits per heavy atom. The van der Waals surface area contributed by atoms with E-state index in [2.05, 4.69) is 15.0 Å². The third kappa shape index (κ3) is 2.50. The van der Waals surface area contributed by atoms with Gasteiger partial charge in [0.25, 0.3) is 12.3 Å². The van der Waals surface area contributed by atoms with Crippen LogP contribution in [-0.4, -0.2) is 32.3 Å². The average Bonchev–Trinajstić information content (AvgIpc) is 3.44. The molecule has 1 N–H and O–H groups in total. The minimum atomic E-state index is -2.91. The van der Waals surface area contributed by atoms with E-state index in [1.807, 2.05) is 30.3 Å². The lowest BCUT2D eigenvalue weighted by molar-refractivity contribution is 0.0625. The zero-order chi connectivity index (χ0) is 19.3. The Labute approximate surface area is 157 Å². The maximum atomic E-state index is 13.2. The standard InChI is InChI=1S/C19H14F2N4O3/c20-18(21)15-17(27-9-24-15)19(26)25-6-5-11-14(23-8-22-11)16(25)13-7-10-3-1-2-4-12(10)28-13/h1-4,7-9,16,18H,5-6H2,(H,22,23)/t16-/m1/s1. The summed E-state index contributed by atoms with van der Waals surface area (Å²) in [7, 11) is 0. The first-order chi connectivity index (χ1) is 13.6. The molecule has 4 aromatic rings. The number of benzene rings is 1. The molecule has 1 atom stereocenters. The number of carbonyl (C=O) groups is 1. The summed E-state index contributed by atoms with van der Waals surface area (Å²) in [5.41, 5.74) is 1.50. The number of carbonyl (C=O) groups excluding carboxylic acids is 1. The van der Waals surface area contributed by atoms with Crippen molar-refractivity contribution in [2.45, 2.75) is 18.9 Å². The fourth-order valence-corrected chi connectivity index (χ4v) is 3.62. The molecule has 9 heteroatoms. The van der Waals surface area contributed by atoms with Gasteiger partial charge in [-0.3, -0.25) is 4.79 Å². The predicted octanol–water partition coefficient (Wildman–Crippen LogP) is 3.87. The first-order valence-corrected chi connectivity index (χ1v) is 8.66. The molecular weight excluding hydrogens is 370 g/mol. The Morgan fingerprint density at radius 1 is 1.29 bits per heavy atom. The van der Waals surface area contributed by atoms with Crippen LogP contribution in [0.25, 0.3) is 11.0 Å². The van der Waals surface area contributed by atoms with Gasteiger partial charge in [-0.1, -0.05) is 18.2 Å². The summed E-state index contributed by atoms with van der Waals surface area (Å²) in [5.74, 6) is -0.636. The number of aromatic amines is 1. The number of alkyl halides is 2. The summed E-state index contributed by atoms with van der Waals surface area (Å²) >= 11 is 0. The number of hydrogen-bond acceptors (Lipinski definition) is 5. The van der Waals surface area contributed by atoms with Crippen LogP contribution in [0.5, 0.6) is 0 Å². The molecule has 0 radical (unpaired) electrons. The quantitative estimate of drug-likeness (QED) is 0.579. The number of halogens is 2. The van der Waals surface area contributed by atoms with Gasteiger partial charge in [0.15, 0.2) is 12.1 Å². The van der Waals surface area contributed by atoms with Crippen LogP contribution in [0, 0.1) is 0 Å². The highest BCUT2D eigenvalue weighted by Gasteiger charge is 2.39. The summed E-state index contributed by atoms with van der Waals surface area (Å²) in [6, 6.07) is 8.63. The van der Waals surface area contributed by atoms with E-state index in [0.29, 0.717) is 30.0 Å². The van der Waals surface area contributed by atoms with Crippen LogP contribution >= 0.6 is 0 Å². The fourth-order valence-electron chi connectivity index (χ4n) is 3.62. The van der Waals surface area contributed by atoms with Crippen molar-refractivity contribution in [3.05, 3.63) is 71.7 Å². The minimum Gasteiger partial charge on any atom is -0.458 e. The van der Waals surface area contributed by atoms with E-state index < -0.39 is 29.8 Å². The van der Waals surface area contributed by atoms with Gasteiger partial charge in [-0.25, -0.2) is 18.7 Å². The molecule has 7 nitrogen and oxygen atoms in total. The molecule has 0 bridgehead atoms. The Bertz CT molecular complexity index is 1130. The van der Waals surface area contributed by atoms with Crippen LogP contribution in [0.4, 0.5) is 8.78 Å². The van der Waals surface area contributed by atoms with Crippen LogP contribution < -0.4 is 0 Å². The van der Waals surface area contributed by atoms with E-state index in [1.54, 1.807) is 6.33 Å². The molecule has 0 aliphatic carbocycles. The van der Waals surface area contributed by atoms with Crippen LogP contribution in [0.1, 0.15) is 45.9 Å². The fraction of sp³-hybridized carbons (Fsp3) is 0.211. The number of furan rings is 1. The van der Waals surface area contributed by atoms with Crippen molar-refractivity contribution in [2.75, 3.05) is 6.54 Å². The van der Waals surface area contributed by atoms with Gasteiger partial charge in [0.2, 0.25) is 5.76 Å². The lowest BCUT2D eigenvalue weighted by Gasteiger charge is -2.33. The molecule has 28 heavy (non-hydrogen) atoms. The van der Waals surface area contributed by atoms with Crippen molar-refractivity contribution in [1.82, 2.24) is 19.9 Å². The number of oxazole rings is 1. The maximum absolute atomic E-state index is 13.2. The first-order valence-electron chi connectivity index (χ1n) is 8.66. The van der Waals surface area contributed by atoms with Gasteiger partial charge in [0.05, 0.1) is 12.0 Å². The zero-order valence-electron chi connectivity index (χ0n) is 14.4. The van der Waals surface area contributed by atoms with Crippen molar-refractivity contribution < 1.29 is 22.4 Å². The number of H-pyrrole nitrogens is 1. The van der Waals surface area contributed by atoms with Crippen LogP contribution in [-0.2, 0) is 6.42 Å². The summed E-state index contributed by atoms with van der Waals surface area (Å²) in [6.45, 7) is 0.291. The van der Waals surface area contributed by atoms with Crippen molar-refractivity contribution in [3.8, 4) is 0 Å². The van der Waals surface area contributed by atoms with Gasteiger partial charge in [-0.15, -0.1) is 0 Å². The van der Waals surface area contributed by atoms with E-state index in [4.69, 9.17) is 8.83 Å². The summed E-state index contributed by atoms with van der Waals surface area (Å²) < 4.78 is 37.4. The molecule has 0 spiro atoms. The summed E-state index contributed by atoms with van der Waals surface area (Å²) in [5, 5.41) is 0.875. The molecule has 4 heterocycles. The average molecular weight is 384 g/mol. The SMILES string of the molecule is O=C(c1ocnc1C(F)F)N1CCc2[nH]cnc2[C@H]1c1cc2ccccc2o1. The highest BCUT2D eigenvalue weighted by molar-refractivity contribution is 5.93. The second kappa shape index (κ2) is 6.29. The molecule has 0 saturated carbocycles.